The molecule has 0 radical (unpaired) electrons. The van der Waals surface area contributed by atoms with Gasteiger partial charge in [0.2, 0.25) is 0 Å². The Balaban J connectivity index is 2.54. The molecule has 32 valence electrons. The van der Waals surface area contributed by atoms with Crippen LogP contribution in [0.15, 0.2) is 0 Å². The summed E-state index contributed by atoms with van der Waals surface area (Å²) < 4.78 is 2.12. The van der Waals surface area contributed by atoms with E-state index in [4.69, 9.17) is 0 Å². The van der Waals surface area contributed by atoms with Crippen LogP contribution in [0.2, 0.25) is 0 Å². The van der Waals surface area contributed by atoms with Crippen molar-refractivity contribution in [1.82, 2.24) is 4.67 Å². The Morgan fingerprint density at radius 3 is 1.80 bits per heavy atom. The average molecular weight is 109 g/mol. The molecule has 3 heteroatoms. The van der Waals surface area contributed by atoms with Crippen LogP contribution in [-0.2, 0) is 0 Å². The van der Waals surface area contributed by atoms with Gasteiger partial charge in [-0.1, -0.05) is 8.93 Å². The second-order valence-electron chi connectivity index (χ2n) is 1.02. The summed E-state index contributed by atoms with van der Waals surface area (Å²) in [5, 5.41) is 0. The fourth-order valence-electron chi connectivity index (χ4n) is 0. The highest BCUT2D eigenvalue weighted by atomic mass is 32.0. The van der Waals surface area contributed by atoms with Gasteiger partial charge in [-0.25, -0.2) is 0 Å². The molecule has 0 amide bonds. The van der Waals surface area contributed by atoms with E-state index in [1.807, 2.05) is 14.1 Å². The maximum absolute atomic E-state index is 2.65. The fourth-order valence-corrected chi connectivity index (χ4v) is 0. The molecule has 0 spiro atoms. The van der Waals surface area contributed by atoms with Gasteiger partial charge in [-0.05, 0) is 22.5 Å². The lowest BCUT2D eigenvalue weighted by Crippen LogP contribution is -1.91. The summed E-state index contributed by atoms with van der Waals surface area (Å²) in [6.45, 7) is 0. The standard InChI is InChI=1S/C2H9NP2/c1-3(2)5-4/h5H,4H2,1-2H3. The lowest BCUT2D eigenvalue weighted by Gasteiger charge is -1.99. The van der Waals surface area contributed by atoms with Crippen molar-refractivity contribution in [3.8, 4) is 0 Å². The Morgan fingerprint density at radius 1 is 1.60 bits per heavy atom. The van der Waals surface area contributed by atoms with Gasteiger partial charge in [0.15, 0.2) is 0 Å². The number of hydrogen-bond donors (Lipinski definition) is 0. The first-order chi connectivity index (χ1) is 2.27. The van der Waals surface area contributed by atoms with Crippen molar-refractivity contribution in [1.29, 1.82) is 0 Å². The highest BCUT2D eigenvalue weighted by Gasteiger charge is 1.71. The SMILES string of the molecule is CN(C)PP. The van der Waals surface area contributed by atoms with E-state index in [9.17, 15) is 0 Å². The van der Waals surface area contributed by atoms with Crippen molar-refractivity contribution in [3.63, 3.8) is 0 Å². The van der Waals surface area contributed by atoms with E-state index >= 15 is 0 Å². The van der Waals surface area contributed by atoms with Crippen LogP contribution in [0.1, 0.15) is 0 Å². The monoisotopic (exact) mass is 109 g/mol. The Kier molecular flexibility index (Phi) is 3.52. The van der Waals surface area contributed by atoms with Crippen molar-refractivity contribution in [2.24, 2.45) is 0 Å². The van der Waals surface area contributed by atoms with Gasteiger partial charge in [0.25, 0.3) is 0 Å². The molecule has 5 heavy (non-hydrogen) atoms. The summed E-state index contributed by atoms with van der Waals surface area (Å²) >= 11 is 0. The molecular weight excluding hydrogens is 100.0 g/mol. The zero-order valence-electron chi connectivity index (χ0n) is 3.52. The third kappa shape index (κ3) is 4.82. The minimum Gasteiger partial charge on any atom is -0.288 e. The van der Waals surface area contributed by atoms with Gasteiger partial charge in [-0.15, -0.1) is 0 Å². The second kappa shape index (κ2) is 3.03. The van der Waals surface area contributed by atoms with Crippen LogP contribution in [0, 0.1) is 0 Å². The Morgan fingerprint density at radius 2 is 1.80 bits per heavy atom. The molecular formula is C2H9NP2. The zero-order valence-corrected chi connectivity index (χ0v) is 5.68. The van der Waals surface area contributed by atoms with Crippen LogP contribution >= 0.6 is 17.3 Å². The largest absolute Gasteiger partial charge is 0.288 e. The zero-order chi connectivity index (χ0) is 4.28. The fraction of sp³-hybridized carbons (Fsp3) is 1.00. The number of rotatable bonds is 1. The molecule has 0 aliphatic rings. The average Bonchev–Trinajstić information content (AvgIpc) is 1.38. The lowest BCUT2D eigenvalue weighted by molar-refractivity contribution is 0.700. The first-order valence-electron chi connectivity index (χ1n) is 1.41. The van der Waals surface area contributed by atoms with E-state index in [-0.39, 0.29) is 0 Å². The summed E-state index contributed by atoms with van der Waals surface area (Å²) in [6.07, 6.45) is 0. The summed E-state index contributed by atoms with van der Waals surface area (Å²) in [7, 11) is 7.61. The van der Waals surface area contributed by atoms with Crippen molar-refractivity contribution in [3.05, 3.63) is 0 Å². The van der Waals surface area contributed by atoms with Crippen LogP contribution in [-0.4, -0.2) is 18.8 Å². The molecule has 0 aromatic carbocycles. The van der Waals surface area contributed by atoms with Gasteiger partial charge >= 0.3 is 0 Å². The van der Waals surface area contributed by atoms with Gasteiger partial charge in [0.1, 0.15) is 0 Å². The molecule has 0 rings (SSSR count). The van der Waals surface area contributed by atoms with E-state index in [0.29, 0.717) is 0 Å². The normalized spacial score (nSPS) is 12.0. The molecule has 0 aliphatic heterocycles. The number of hydrogen-bond acceptors (Lipinski definition) is 1. The second-order valence-corrected chi connectivity index (χ2v) is 2.95. The maximum Gasteiger partial charge on any atom is -0.00966 e. The lowest BCUT2D eigenvalue weighted by atomic mass is 11.3. The smallest absolute Gasteiger partial charge is 0.00966 e. The Bertz CT molecular complexity index is 21.6. The van der Waals surface area contributed by atoms with Crippen molar-refractivity contribution >= 4 is 17.3 Å². The van der Waals surface area contributed by atoms with Crippen LogP contribution in [0.5, 0.6) is 0 Å². The van der Waals surface area contributed by atoms with Crippen LogP contribution in [0.4, 0.5) is 0 Å². The summed E-state index contributed by atoms with van der Waals surface area (Å²) in [5.74, 6) is 0. The molecule has 2 unspecified atom stereocenters. The molecule has 0 heterocycles. The van der Waals surface area contributed by atoms with Crippen molar-refractivity contribution in [2.75, 3.05) is 14.1 Å². The van der Waals surface area contributed by atoms with Gasteiger partial charge in [0.05, 0.1) is 0 Å². The third-order valence-electron chi connectivity index (χ3n) is 0.258. The predicted molar refractivity (Wildman–Crippen MR) is 31.7 cm³/mol. The third-order valence-corrected chi connectivity index (χ3v) is 2.32. The van der Waals surface area contributed by atoms with E-state index < -0.39 is 0 Å². The summed E-state index contributed by atoms with van der Waals surface area (Å²) in [5.41, 5.74) is 0. The molecule has 2 atom stereocenters. The van der Waals surface area contributed by atoms with Crippen molar-refractivity contribution in [2.45, 2.75) is 0 Å². The molecule has 0 saturated carbocycles. The van der Waals surface area contributed by atoms with E-state index in [0.717, 1.165) is 8.42 Å². The quantitative estimate of drug-likeness (QED) is 0.453. The van der Waals surface area contributed by atoms with Crippen LogP contribution in [0.3, 0.4) is 0 Å². The van der Waals surface area contributed by atoms with Gasteiger partial charge in [-0.2, -0.15) is 0 Å². The molecule has 0 aromatic heterocycles. The molecule has 0 saturated heterocycles. The predicted octanol–water partition coefficient (Wildman–Crippen LogP) is 0.932. The minimum atomic E-state index is 0.864. The maximum atomic E-state index is 2.65. The first-order valence-corrected chi connectivity index (χ1v) is 4.16. The molecule has 0 N–H and O–H groups in total. The highest BCUT2D eigenvalue weighted by Crippen LogP contribution is 2.20. The van der Waals surface area contributed by atoms with Gasteiger partial charge < -0.3 is 0 Å². The minimum absolute atomic E-state index is 0.864. The Labute approximate surface area is 37.1 Å². The highest BCUT2D eigenvalue weighted by molar-refractivity contribution is 8.01. The molecule has 1 nitrogen and oxygen atoms in total. The summed E-state index contributed by atoms with van der Waals surface area (Å²) in [6, 6.07) is 0. The topological polar surface area (TPSA) is 3.24 Å². The van der Waals surface area contributed by atoms with E-state index in [1.54, 1.807) is 0 Å². The van der Waals surface area contributed by atoms with E-state index in [1.165, 1.54) is 0 Å². The van der Waals surface area contributed by atoms with E-state index in [2.05, 4.69) is 13.6 Å². The van der Waals surface area contributed by atoms with Crippen LogP contribution < -0.4 is 0 Å². The number of nitrogens with zero attached hydrogens (tertiary/aromatic N) is 1. The molecule has 0 aromatic rings. The molecule has 0 fully saturated rings. The summed E-state index contributed by atoms with van der Waals surface area (Å²) in [4.78, 5) is 0. The van der Waals surface area contributed by atoms with Gasteiger partial charge in [-0.3, -0.25) is 4.67 Å². The first kappa shape index (κ1) is 5.82. The van der Waals surface area contributed by atoms with Crippen LogP contribution in [0.25, 0.3) is 0 Å². The molecule has 0 bridgehead atoms. The van der Waals surface area contributed by atoms with Gasteiger partial charge in [0, 0.05) is 0 Å². The Hall–Kier alpha value is 0.820. The van der Waals surface area contributed by atoms with Crippen molar-refractivity contribution < 1.29 is 0 Å². The molecule has 0 aliphatic carbocycles.